The van der Waals surface area contributed by atoms with Gasteiger partial charge in [0.1, 0.15) is 0 Å². The normalized spacial score (nSPS) is 18.0. The number of aliphatic carboxylic acids is 1. The van der Waals surface area contributed by atoms with Gasteiger partial charge in [-0.2, -0.15) is 4.98 Å². The second kappa shape index (κ2) is 7.02. The number of carboxylic acids is 1. The maximum atomic E-state index is 11.2. The average Bonchev–Trinajstić information content (AvgIpc) is 2.83. The fourth-order valence-corrected chi connectivity index (χ4v) is 3.15. The Kier molecular flexibility index (Phi) is 5.33. The first-order chi connectivity index (χ1) is 9.99. The molecule has 118 valence electrons. The second-order valence-corrected chi connectivity index (χ2v) is 6.47. The van der Waals surface area contributed by atoms with Gasteiger partial charge in [-0.05, 0) is 32.4 Å². The van der Waals surface area contributed by atoms with Crippen LogP contribution in [0.4, 0.5) is 0 Å². The van der Waals surface area contributed by atoms with Crippen molar-refractivity contribution in [3.63, 3.8) is 0 Å². The van der Waals surface area contributed by atoms with E-state index in [-0.39, 0.29) is 11.8 Å². The van der Waals surface area contributed by atoms with Gasteiger partial charge in [-0.1, -0.05) is 24.4 Å². The molecule has 0 atom stereocenters. The molecule has 0 saturated heterocycles. The summed E-state index contributed by atoms with van der Waals surface area (Å²) in [6.07, 6.45) is 6.80. The van der Waals surface area contributed by atoms with Crippen molar-refractivity contribution in [2.24, 2.45) is 5.41 Å². The van der Waals surface area contributed by atoms with Crippen molar-refractivity contribution in [2.45, 2.75) is 51.4 Å². The lowest BCUT2D eigenvalue weighted by Crippen LogP contribution is -2.30. The van der Waals surface area contributed by atoms with E-state index < -0.39 is 5.97 Å². The molecule has 1 N–H and O–H groups in total. The van der Waals surface area contributed by atoms with Gasteiger partial charge in [0.2, 0.25) is 5.89 Å². The second-order valence-electron chi connectivity index (χ2n) is 6.47. The summed E-state index contributed by atoms with van der Waals surface area (Å²) in [6, 6.07) is 0. The molecule has 1 aliphatic carbocycles. The van der Waals surface area contributed by atoms with Crippen molar-refractivity contribution in [1.82, 2.24) is 15.0 Å². The number of hydrogen-bond acceptors (Lipinski definition) is 5. The fraction of sp³-hybridized carbons (Fsp3) is 0.800. The topological polar surface area (TPSA) is 79.5 Å². The Morgan fingerprint density at radius 2 is 2.05 bits per heavy atom. The molecule has 1 fully saturated rings. The SMILES string of the molecule is CN(C)CCc1noc(CC2(CC(=O)O)CCCCC2)n1. The molecule has 1 aliphatic rings. The summed E-state index contributed by atoms with van der Waals surface area (Å²) in [5, 5.41) is 13.2. The maximum absolute atomic E-state index is 11.2. The molecular formula is C15H25N3O3. The molecule has 0 amide bonds. The molecule has 1 aromatic rings. The van der Waals surface area contributed by atoms with E-state index in [2.05, 4.69) is 15.0 Å². The van der Waals surface area contributed by atoms with E-state index in [1.807, 2.05) is 14.1 Å². The molecule has 0 aliphatic heterocycles. The average molecular weight is 295 g/mol. The van der Waals surface area contributed by atoms with E-state index in [9.17, 15) is 9.90 Å². The minimum atomic E-state index is -0.732. The van der Waals surface area contributed by atoms with E-state index in [1.165, 1.54) is 6.42 Å². The lowest BCUT2D eigenvalue weighted by atomic mass is 9.69. The number of nitrogens with zero attached hydrogens (tertiary/aromatic N) is 3. The van der Waals surface area contributed by atoms with E-state index >= 15 is 0 Å². The van der Waals surface area contributed by atoms with Crippen LogP contribution < -0.4 is 0 Å². The third kappa shape index (κ3) is 4.81. The molecule has 1 aromatic heterocycles. The van der Waals surface area contributed by atoms with Crippen LogP contribution in [0.25, 0.3) is 0 Å². The summed E-state index contributed by atoms with van der Waals surface area (Å²) in [7, 11) is 4.01. The third-order valence-corrected chi connectivity index (χ3v) is 4.26. The first-order valence-electron chi connectivity index (χ1n) is 7.67. The molecule has 6 heteroatoms. The molecule has 0 unspecified atom stereocenters. The summed E-state index contributed by atoms with van der Waals surface area (Å²) in [6.45, 7) is 0.874. The summed E-state index contributed by atoms with van der Waals surface area (Å²) in [4.78, 5) is 17.7. The van der Waals surface area contributed by atoms with Crippen molar-refractivity contribution in [1.29, 1.82) is 0 Å². The van der Waals surface area contributed by atoms with Gasteiger partial charge in [-0.3, -0.25) is 4.79 Å². The van der Waals surface area contributed by atoms with Crippen LogP contribution in [0, 0.1) is 5.41 Å². The van der Waals surface area contributed by atoms with Gasteiger partial charge in [0.15, 0.2) is 5.82 Å². The zero-order valence-electron chi connectivity index (χ0n) is 13.0. The molecule has 0 spiro atoms. The Bertz CT molecular complexity index is 464. The van der Waals surface area contributed by atoms with Crippen LogP contribution in [0.15, 0.2) is 4.52 Å². The Morgan fingerprint density at radius 3 is 2.67 bits per heavy atom. The van der Waals surface area contributed by atoms with E-state index in [1.54, 1.807) is 0 Å². The smallest absolute Gasteiger partial charge is 0.303 e. The molecule has 21 heavy (non-hydrogen) atoms. The highest BCUT2D eigenvalue weighted by molar-refractivity contribution is 5.67. The quantitative estimate of drug-likeness (QED) is 0.830. The largest absolute Gasteiger partial charge is 0.481 e. The molecular weight excluding hydrogens is 270 g/mol. The lowest BCUT2D eigenvalue weighted by molar-refractivity contribution is -0.140. The standard InChI is InChI=1S/C15H25N3O3/c1-18(2)9-6-12-16-13(21-17-12)10-15(11-14(19)20)7-4-3-5-8-15/h3-11H2,1-2H3,(H,19,20). The highest BCUT2D eigenvalue weighted by Crippen LogP contribution is 2.41. The first kappa shape index (κ1) is 15.9. The number of carboxylic acid groups (broad SMARTS) is 1. The minimum Gasteiger partial charge on any atom is -0.481 e. The van der Waals surface area contributed by atoms with Crippen molar-refractivity contribution in [2.75, 3.05) is 20.6 Å². The number of likely N-dealkylation sites (N-methyl/N-ethyl adjacent to an activating group) is 1. The summed E-state index contributed by atoms with van der Waals surface area (Å²) in [5.74, 6) is 0.566. The van der Waals surface area contributed by atoms with Crippen molar-refractivity contribution >= 4 is 5.97 Å². The van der Waals surface area contributed by atoms with Crippen molar-refractivity contribution < 1.29 is 14.4 Å². The fourth-order valence-electron chi connectivity index (χ4n) is 3.15. The number of hydrogen-bond donors (Lipinski definition) is 1. The van der Waals surface area contributed by atoms with Gasteiger partial charge in [-0.25, -0.2) is 0 Å². The summed E-state index contributed by atoms with van der Waals surface area (Å²) in [5.41, 5.74) is -0.199. The van der Waals surface area contributed by atoms with Crippen LogP contribution in [0.1, 0.15) is 50.2 Å². The molecule has 2 rings (SSSR count). The van der Waals surface area contributed by atoms with Crippen molar-refractivity contribution in [3.8, 4) is 0 Å². The predicted molar refractivity (Wildman–Crippen MR) is 78.0 cm³/mol. The van der Waals surface area contributed by atoms with Gasteiger partial charge >= 0.3 is 5.97 Å². The lowest BCUT2D eigenvalue weighted by Gasteiger charge is -2.34. The highest BCUT2D eigenvalue weighted by atomic mass is 16.5. The number of carbonyl (C=O) groups is 1. The Labute approximate surface area is 125 Å². The van der Waals surface area contributed by atoms with E-state index in [0.717, 1.165) is 38.6 Å². The predicted octanol–water partition coefficient (Wildman–Crippen LogP) is 2.14. The Balaban J connectivity index is 2.01. The van der Waals surface area contributed by atoms with Crippen molar-refractivity contribution in [3.05, 3.63) is 11.7 Å². The Morgan fingerprint density at radius 1 is 1.33 bits per heavy atom. The summed E-state index contributed by atoms with van der Waals surface area (Å²) >= 11 is 0. The Hall–Kier alpha value is -1.43. The van der Waals surface area contributed by atoms with E-state index in [0.29, 0.717) is 18.1 Å². The van der Waals surface area contributed by atoms with E-state index in [4.69, 9.17) is 4.52 Å². The molecule has 0 bridgehead atoms. The number of aromatic nitrogens is 2. The number of rotatable bonds is 7. The van der Waals surface area contributed by atoms with Crippen LogP contribution in [0.2, 0.25) is 0 Å². The molecule has 6 nitrogen and oxygen atoms in total. The van der Waals surface area contributed by atoms with Crippen LogP contribution in [0.3, 0.4) is 0 Å². The third-order valence-electron chi connectivity index (χ3n) is 4.26. The first-order valence-corrected chi connectivity index (χ1v) is 7.67. The minimum absolute atomic E-state index is 0.197. The van der Waals surface area contributed by atoms with Crippen LogP contribution in [-0.2, 0) is 17.6 Å². The molecule has 0 radical (unpaired) electrons. The van der Waals surface area contributed by atoms with Crippen LogP contribution in [0.5, 0.6) is 0 Å². The highest BCUT2D eigenvalue weighted by Gasteiger charge is 2.36. The molecule has 1 heterocycles. The monoisotopic (exact) mass is 295 g/mol. The van der Waals surface area contributed by atoms with Crippen LogP contribution in [-0.4, -0.2) is 46.8 Å². The zero-order chi connectivity index (χ0) is 15.3. The van der Waals surface area contributed by atoms with Gasteiger partial charge in [-0.15, -0.1) is 0 Å². The van der Waals surface area contributed by atoms with Gasteiger partial charge in [0, 0.05) is 19.4 Å². The van der Waals surface area contributed by atoms with Crippen LogP contribution >= 0.6 is 0 Å². The van der Waals surface area contributed by atoms with Gasteiger partial charge in [0.05, 0.1) is 6.42 Å². The van der Waals surface area contributed by atoms with Gasteiger partial charge in [0.25, 0.3) is 0 Å². The maximum Gasteiger partial charge on any atom is 0.303 e. The molecule has 0 aromatic carbocycles. The van der Waals surface area contributed by atoms with Gasteiger partial charge < -0.3 is 14.5 Å². The zero-order valence-corrected chi connectivity index (χ0v) is 13.0. The molecule has 1 saturated carbocycles. The summed E-state index contributed by atoms with van der Waals surface area (Å²) < 4.78 is 5.33.